The van der Waals surface area contributed by atoms with Crippen LogP contribution in [0.3, 0.4) is 0 Å². The van der Waals surface area contributed by atoms with Crippen LogP contribution in [-0.2, 0) is 17.8 Å². The summed E-state index contributed by atoms with van der Waals surface area (Å²) in [5.74, 6) is 1.51. The number of hydrogen-bond donors (Lipinski definition) is 2. The number of nitrogens with one attached hydrogen (secondary N) is 2. The summed E-state index contributed by atoms with van der Waals surface area (Å²) in [7, 11) is 4.77. The number of halogens is 2. The van der Waals surface area contributed by atoms with Gasteiger partial charge in [-0.2, -0.15) is 8.78 Å². The van der Waals surface area contributed by atoms with Crippen molar-refractivity contribution >= 4 is 11.9 Å². The van der Waals surface area contributed by atoms with Crippen LogP contribution in [-0.4, -0.2) is 57.7 Å². The van der Waals surface area contributed by atoms with Crippen LogP contribution in [0.25, 0.3) is 0 Å². The van der Waals surface area contributed by atoms with Crippen molar-refractivity contribution in [2.24, 2.45) is 4.99 Å². The van der Waals surface area contributed by atoms with Crippen LogP contribution in [0.4, 0.5) is 8.78 Å². The molecule has 8 nitrogen and oxygen atoms in total. The number of carbonyl (C=O) groups excluding carboxylic acids is 1. The van der Waals surface area contributed by atoms with E-state index in [9.17, 15) is 13.6 Å². The van der Waals surface area contributed by atoms with Crippen molar-refractivity contribution in [3.63, 3.8) is 0 Å². The van der Waals surface area contributed by atoms with Crippen molar-refractivity contribution in [2.75, 3.05) is 34.3 Å². The minimum absolute atomic E-state index is 0.00820. The first-order valence-electron chi connectivity index (χ1n) is 9.25. The summed E-state index contributed by atoms with van der Waals surface area (Å²) in [6.45, 7) is -2.40. The molecule has 1 heterocycles. The van der Waals surface area contributed by atoms with E-state index in [-0.39, 0.29) is 24.7 Å². The molecule has 164 valence electrons. The fraction of sp³-hybridized carbons (Fsp3) is 0.400. The van der Waals surface area contributed by atoms with Crippen LogP contribution in [0.1, 0.15) is 11.3 Å². The van der Waals surface area contributed by atoms with Gasteiger partial charge in [-0.3, -0.25) is 4.79 Å². The Bertz CT molecular complexity index is 826. The van der Waals surface area contributed by atoms with Crippen LogP contribution in [0.2, 0.25) is 0 Å². The van der Waals surface area contributed by atoms with Crippen molar-refractivity contribution < 1.29 is 27.5 Å². The maximum Gasteiger partial charge on any atom is 0.387 e. The number of benzene rings is 1. The van der Waals surface area contributed by atoms with E-state index >= 15 is 0 Å². The lowest BCUT2D eigenvalue weighted by Gasteiger charge is -2.15. The second-order valence-corrected chi connectivity index (χ2v) is 6.41. The normalized spacial score (nSPS) is 11.3. The molecule has 0 saturated carbocycles. The number of likely N-dealkylation sites (N-methyl/N-ethyl adjacent to an activating group) is 1. The Morgan fingerprint density at radius 2 is 2.07 bits per heavy atom. The summed E-state index contributed by atoms with van der Waals surface area (Å²) in [6.07, 6.45) is 2.19. The molecular formula is C20H26F2N4O4. The molecule has 30 heavy (non-hydrogen) atoms. The second kappa shape index (κ2) is 11.6. The zero-order valence-electron chi connectivity index (χ0n) is 17.2. The second-order valence-electron chi connectivity index (χ2n) is 6.41. The number of carbonyl (C=O) groups is 1. The van der Waals surface area contributed by atoms with Crippen LogP contribution < -0.4 is 20.1 Å². The molecule has 1 aromatic heterocycles. The predicted molar refractivity (Wildman–Crippen MR) is 108 cm³/mol. The zero-order chi connectivity index (χ0) is 21.9. The quantitative estimate of drug-likeness (QED) is 0.449. The van der Waals surface area contributed by atoms with E-state index < -0.39 is 6.61 Å². The van der Waals surface area contributed by atoms with Gasteiger partial charge in [-0.05, 0) is 30.3 Å². The van der Waals surface area contributed by atoms with Gasteiger partial charge < -0.3 is 29.4 Å². The summed E-state index contributed by atoms with van der Waals surface area (Å²) >= 11 is 0. The molecule has 0 atom stereocenters. The van der Waals surface area contributed by atoms with Crippen molar-refractivity contribution in [2.45, 2.75) is 19.6 Å². The van der Waals surface area contributed by atoms with E-state index in [0.717, 1.165) is 5.76 Å². The zero-order valence-corrected chi connectivity index (χ0v) is 17.2. The van der Waals surface area contributed by atoms with Gasteiger partial charge >= 0.3 is 6.61 Å². The van der Waals surface area contributed by atoms with Gasteiger partial charge in [0.1, 0.15) is 17.3 Å². The van der Waals surface area contributed by atoms with Crippen LogP contribution >= 0.6 is 0 Å². The van der Waals surface area contributed by atoms with E-state index in [2.05, 4.69) is 20.4 Å². The lowest BCUT2D eigenvalue weighted by Crippen LogP contribution is -2.43. The average Bonchev–Trinajstić information content (AvgIpc) is 3.23. The van der Waals surface area contributed by atoms with Crippen LogP contribution in [0.15, 0.2) is 46.0 Å². The molecule has 2 N–H and O–H groups in total. The molecule has 0 bridgehead atoms. The topological polar surface area (TPSA) is 88.3 Å². The van der Waals surface area contributed by atoms with Gasteiger partial charge in [0.25, 0.3) is 0 Å². The lowest BCUT2D eigenvalue weighted by molar-refractivity contribution is -0.127. The van der Waals surface area contributed by atoms with Crippen molar-refractivity contribution in [3.05, 3.63) is 47.9 Å². The molecule has 2 rings (SSSR count). The third-order valence-electron chi connectivity index (χ3n) is 4.04. The third kappa shape index (κ3) is 7.61. The number of hydrogen-bond acceptors (Lipinski definition) is 5. The number of nitrogens with zero attached hydrogens (tertiary/aromatic N) is 2. The fourth-order valence-corrected chi connectivity index (χ4v) is 2.43. The Kier molecular flexibility index (Phi) is 8.92. The standard InChI is InChI=1S/C20H26F2N4O4/c1-26(2)18(27)13-25-20(23-9-8-15-5-4-10-29-15)24-12-14-11-16(28-3)6-7-17(14)30-19(21)22/h4-7,10-11,19H,8-9,12-13H2,1-3H3,(H2,23,24,25). The van der Waals surface area contributed by atoms with Crippen molar-refractivity contribution in [1.82, 2.24) is 15.5 Å². The number of alkyl halides is 2. The van der Waals surface area contributed by atoms with Gasteiger partial charge in [0.05, 0.1) is 26.5 Å². The van der Waals surface area contributed by atoms with Gasteiger partial charge in [0, 0.05) is 32.6 Å². The summed E-state index contributed by atoms with van der Waals surface area (Å²) in [6, 6.07) is 8.16. The minimum Gasteiger partial charge on any atom is -0.497 e. The highest BCUT2D eigenvalue weighted by Crippen LogP contribution is 2.26. The number of ether oxygens (including phenoxy) is 2. The Balaban J connectivity index is 2.11. The summed E-state index contributed by atoms with van der Waals surface area (Å²) < 4.78 is 40.4. The summed E-state index contributed by atoms with van der Waals surface area (Å²) in [4.78, 5) is 17.7. The van der Waals surface area contributed by atoms with E-state index in [0.29, 0.717) is 30.2 Å². The molecule has 0 aliphatic heterocycles. The van der Waals surface area contributed by atoms with Gasteiger partial charge in [-0.15, -0.1) is 0 Å². The molecule has 2 aromatic rings. The number of furan rings is 1. The summed E-state index contributed by atoms with van der Waals surface area (Å²) in [5, 5.41) is 6.04. The fourth-order valence-electron chi connectivity index (χ4n) is 2.43. The molecule has 0 saturated heterocycles. The van der Waals surface area contributed by atoms with Crippen molar-refractivity contribution in [1.29, 1.82) is 0 Å². The Hall–Kier alpha value is -3.30. The first-order valence-corrected chi connectivity index (χ1v) is 9.25. The highest BCUT2D eigenvalue weighted by Gasteiger charge is 2.12. The van der Waals surface area contributed by atoms with E-state index in [1.807, 2.05) is 6.07 Å². The molecule has 0 spiro atoms. The van der Waals surface area contributed by atoms with Gasteiger partial charge in [0.2, 0.25) is 5.91 Å². The monoisotopic (exact) mass is 424 g/mol. The molecule has 10 heteroatoms. The van der Waals surface area contributed by atoms with Gasteiger partial charge in [-0.1, -0.05) is 0 Å². The molecule has 0 radical (unpaired) electrons. The summed E-state index contributed by atoms with van der Waals surface area (Å²) in [5.41, 5.74) is 0.417. The van der Waals surface area contributed by atoms with Crippen LogP contribution in [0.5, 0.6) is 11.5 Å². The number of guanidine groups is 1. The third-order valence-corrected chi connectivity index (χ3v) is 4.04. The van der Waals surface area contributed by atoms with Gasteiger partial charge in [-0.25, -0.2) is 4.99 Å². The highest BCUT2D eigenvalue weighted by molar-refractivity contribution is 5.86. The maximum atomic E-state index is 12.7. The van der Waals surface area contributed by atoms with E-state index in [1.165, 1.54) is 24.1 Å². The van der Waals surface area contributed by atoms with E-state index in [1.54, 1.807) is 32.5 Å². The van der Waals surface area contributed by atoms with Gasteiger partial charge in [0.15, 0.2) is 5.96 Å². The first-order chi connectivity index (χ1) is 14.4. The number of amides is 1. The molecule has 0 fully saturated rings. The molecule has 1 amide bonds. The molecule has 0 aliphatic rings. The predicted octanol–water partition coefficient (Wildman–Crippen LogP) is 2.26. The Morgan fingerprint density at radius 3 is 2.70 bits per heavy atom. The Morgan fingerprint density at radius 1 is 1.27 bits per heavy atom. The molecule has 1 aromatic carbocycles. The molecule has 0 unspecified atom stereocenters. The van der Waals surface area contributed by atoms with Crippen molar-refractivity contribution in [3.8, 4) is 11.5 Å². The lowest BCUT2D eigenvalue weighted by atomic mass is 10.2. The molecule has 0 aliphatic carbocycles. The van der Waals surface area contributed by atoms with Crippen LogP contribution in [0, 0.1) is 0 Å². The van der Waals surface area contributed by atoms with E-state index in [4.69, 9.17) is 9.15 Å². The maximum absolute atomic E-state index is 12.7. The average molecular weight is 424 g/mol. The number of aliphatic imine (C=N–C) groups is 1. The molecular weight excluding hydrogens is 398 g/mol. The SMILES string of the molecule is COc1ccc(OC(F)F)c(CN=C(NCCc2ccco2)NCC(=O)N(C)C)c1. The smallest absolute Gasteiger partial charge is 0.387 e. The highest BCUT2D eigenvalue weighted by atomic mass is 19.3. The number of rotatable bonds is 10. The largest absolute Gasteiger partial charge is 0.497 e. The Labute approximate surface area is 173 Å². The number of methoxy groups -OCH3 is 1. The first kappa shape index (κ1) is 23.0. The minimum atomic E-state index is -2.96.